The van der Waals surface area contributed by atoms with Crippen molar-refractivity contribution in [2.75, 3.05) is 12.3 Å². The van der Waals surface area contributed by atoms with E-state index in [1.54, 1.807) is 13.8 Å². The van der Waals surface area contributed by atoms with E-state index >= 15 is 0 Å². The normalized spacial score (nSPS) is 14.5. The minimum atomic E-state index is -0.595. The van der Waals surface area contributed by atoms with Crippen LogP contribution in [0.15, 0.2) is 0 Å². The summed E-state index contributed by atoms with van der Waals surface area (Å²) < 4.78 is 0. The smallest absolute Gasteiger partial charge is 0.263 e. The molecule has 0 aliphatic rings. The van der Waals surface area contributed by atoms with Crippen LogP contribution in [0.3, 0.4) is 0 Å². The van der Waals surface area contributed by atoms with Crippen LogP contribution in [0.4, 0.5) is 5.13 Å². The number of carbonyl (C=O) groups is 1. The van der Waals surface area contributed by atoms with Gasteiger partial charge in [0.1, 0.15) is 4.88 Å². The highest BCUT2D eigenvalue weighted by atomic mass is 32.1. The molecule has 0 fully saturated rings. The first-order chi connectivity index (χ1) is 7.41. The fourth-order valence-electron chi connectivity index (χ4n) is 1.20. The molecule has 1 amide bonds. The van der Waals surface area contributed by atoms with Gasteiger partial charge in [0.2, 0.25) is 0 Å². The fraction of sp³-hybridized carbons (Fsp3) is 0.600. The number of hydrogen-bond donors (Lipinski definition) is 3. The van der Waals surface area contributed by atoms with Crippen molar-refractivity contribution in [1.29, 1.82) is 0 Å². The molecule has 1 aromatic heterocycles. The van der Waals surface area contributed by atoms with Gasteiger partial charge in [-0.3, -0.25) is 4.79 Å². The van der Waals surface area contributed by atoms with Gasteiger partial charge in [0.15, 0.2) is 5.13 Å². The number of nitrogens with zero attached hydrogens (tertiary/aromatic N) is 1. The van der Waals surface area contributed by atoms with Gasteiger partial charge in [-0.15, -0.1) is 0 Å². The number of aryl methyl sites for hydroxylation is 1. The van der Waals surface area contributed by atoms with E-state index in [1.807, 2.05) is 6.92 Å². The van der Waals surface area contributed by atoms with Crippen LogP contribution in [0.2, 0.25) is 0 Å². The second kappa shape index (κ2) is 4.80. The molecule has 1 heterocycles. The molecule has 0 aliphatic carbocycles. The number of hydrogen-bond acceptors (Lipinski definition) is 5. The fourth-order valence-corrected chi connectivity index (χ4v) is 1.93. The molecule has 5 nitrogen and oxygen atoms in total. The number of carbonyl (C=O) groups excluding carboxylic acids is 1. The zero-order chi connectivity index (χ0) is 12.3. The van der Waals surface area contributed by atoms with Crippen molar-refractivity contribution in [2.45, 2.75) is 32.7 Å². The first-order valence-electron chi connectivity index (χ1n) is 5.08. The van der Waals surface area contributed by atoms with Gasteiger partial charge in [0.05, 0.1) is 17.8 Å². The monoisotopic (exact) mass is 243 g/mol. The van der Waals surface area contributed by atoms with Crippen LogP contribution in [0.25, 0.3) is 0 Å². The topological polar surface area (TPSA) is 88.2 Å². The Balaban J connectivity index is 2.84. The number of thiazole rings is 1. The van der Waals surface area contributed by atoms with Crippen molar-refractivity contribution in [3.05, 3.63) is 10.6 Å². The Hall–Kier alpha value is -1.14. The van der Waals surface area contributed by atoms with Gasteiger partial charge in [-0.05, 0) is 20.3 Å². The first-order valence-corrected chi connectivity index (χ1v) is 5.90. The lowest BCUT2D eigenvalue weighted by Gasteiger charge is -2.26. The van der Waals surface area contributed by atoms with Gasteiger partial charge >= 0.3 is 0 Å². The van der Waals surface area contributed by atoms with E-state index in [0.29, 0.717) is 22.1 Å². The van der Waals surface area contributed by atoms with Crippen LogP contribution < -0.4 is 11.1 Å². The number of aromatic nitrogens is 1. The predicted molar refractivity (Wildman–Crippen MR) is 64.5 cm³/mol. The summed E-state index contributed by atoms with van der Waals surface area (Å²) in [5.74, 6) is -0.231. The first kappa shape index (κ1) is 12.9. The molecule has 1 unspecified atom stereocenters. The van der Waals surface area contributed by atoms with Crippen molar-refractivity contribution >= 4 is 22.4 Å². The second-order valence-electron chi connectivity index (χ2n) is 3.99. The SMILES string of the molecule is CCC(C)(CO)NC(=O)c1sc(N)nc1C. The number of aliphatic hydroxyl groups excluding tert-OH is 1. The van der Waals surface area contributed by atoms with E-state index < -0.39 is 5.54 Å². The van der Waals surface area contributed by atoms with Gasteiger partial charge in [-0.1, -0.05) is 18.3 Å². The Bertz CT molecular complexity index is 385. The number of aliphatic hydroxyl groups is 1. The molecule has 1 rings (SSSR count). The summed E-state index contributed by atoms with van der Waals surface area (Å²) in [6.45, 7) is 5.35. The maximum atomic E-state index is 11.9. The molecule has 0 saturated carbocycles. The molecule has 90 valence electrons. The highest BCUT2D eigenvalue weighted by Gasteiger charge is 2.25. The summed E-state index contributed by atoms with van der Waals surface area (Å²) in [4.78, 5) is 16.4. The Kier molecular flexibility index (Phi) is 3.88. The van der Waals surface area contributed by atoms with Crippen LogP contribution in [0.5, 0.6) is 0 Å². The Morgan fingerprint density at radius 2 is 2.31 bits per heavy atom. The van der Waals surface area contributed by atoms with E-state index in [1.165, 1.54) is 0 Å². The maximum absolute atomic E-state index is 11.9. The van der Waals surface area contributed by atoms with Gasteiger partial charge in [-0.2, -0.15) is 0 Å². The molecular formula is C10H17N3O2S. The largest absolute Gasteiger partial charge is 0.394 e. The van der Waals surface area contributed by atoms with Crippen molar-refractivity contribution < 1.29 is 9.90 Å². The zero-order valence-corrected chi connectivity index (χ0v) is 10.5. The molecule has 1 aromatic rings. The van der Waals surface area contributed by atoms with Crippen molar-refractivity contribution in [2.24, 2.45) is 0 Å². The molecule has 4 N–H and O–H groups in total. The molecule has 16 heavy (non-hydrogen) atoms. The Morgan fingerprint density at radius 1 is 1.69 bits per heavy atom. The third-order valence-electron chi connectivity index (χ3n) is 2.56. The highest BCUT2D eigenvalue weighted by molar-refractivity contribution is 7.17. The number of amides is 1. The Labute approximate surface area is 98.7 Å². The summed E-state index contributed by atoms with van der Waals surface area (Å²) in [6, 6.07) is 0. The van der Waals surface area contributed by atoms with E-state index in [9.17, 15) is 9.90 Å². The minimum Gasteiger partial charge on any atom is -0.394 e. The average Bonchev–Trinajstić information content (AvgIpc) is 2.57. The van der Waals surface area contributed by atoms with Crippen molar-refractivity contribution in [1.82, 2.24) is 10.3 Å². The van der Waals surface area contributed by atoms with Crippen LogP contribution in [-0.4, -0.2) is 28.1 Å². The van der Waals surface area contributed by atoms with E-state index in [2.05, 4.69) is 10.3 Å². The van der Waals surface area contributed by atoms with E-state index in [-0.39, 0.29) is 12.5 Å². The van der Waals surface area contributed by atoms with Gasteiger partial charge < -0.3 is 16.2 Å². The standard InChI is InChI=1S/C10H17N3O2S/c1-4-10(3,5-14)13-8(15)7-6(2)12-9(11)16-7/h14H,4-5H2,1-3H3,(H2,11,12)(H,13,15). The molecule has 0 bridgehead atoms. The number of anilines is 1. The summed E-state index contributed by atoms with van der Waals surface area (Å²) >= 11 is 1.16. The van der Waals surface area contributed by atoms with Gasteiger partial charge in [0.25, 0.3) is 5.91 Å². The molecule has 1 atom stereocenters. The van der Waals surface area contributed by atoms with Gasteiger partial charge in [0, 0.05) is 0 Å². The summed E-state index contributed by atoms with van der Waals surface area (Å²) in [6.07, 6.45) is 0.655. The lowest BCUT2D eigenvalue weighted by molar-refractivity contribution is 0.0851. The predicted octanol–water partition coefficient (Wildman–Crippen LogP) is 0.925. The van der Waals surface area contributed by atoms with Crippen LogP contribution in [0.1, 0.15) is 35.6 Å². The van der Waals surface area contributed by atoms with E-state index in [0.717, 1.165) is 11.3 Å². The number of nitrogens with one attached hydrogen (secondary N) is 1. The zero-order valence-electron chi connectivity index (χ0n) is 9.70. The molecule has 0 saturated heterocycles. The summed E-state index contributed by atoms with van der Waals surface area (Å²) in [5.41, 5.74) is 5.55. The summed E-state index contributed by atoms with van der Waals surface area (Å²) in [5, 5.41) is 12.4. The van der Waals surface area contributed by atoms with Gasteiger partial charge in [-0.25, -0.2) is 4.98 Å². The third-order valence-corrected chi connectivity index (χ3v) is 3.55. The molecular weight excluding hydrogens is 226 g/mol. The van der Waals surface area contributed by atoms with Crippen LogP contribution in [-0.2, 0) is 0 Å². The van der Waals surface area contributed by atoms with Crippen LogP contribution >= 0.6 is 11.3 Å². The van der Waals surface area contributed by atoms with Crippen molar-refractivity contribution in [3.8, 4) is 0 Å². The molecule has 0 radical (unpaired) electrons. The quantitative estimate of drug-likeness (QED) is 0.734. The average molecular weight is 243 g/mol. The highest BCUT2D eigenvalue weighted by Crippen LogP contribution is 2.20. The molecule has 0 aliphatic heterocycles. The van der Waals surface area contributed by atoms with E-state index in [4.69, 9.17) is 5.73 Å². The maximum Gasteiger partial charge on any atom is 0.263 e. The van der Waals surface area contributed by atoms with Crippen molar-refractivity contribution in [3.63, 3.8) is 0 Å². The third kappa shape index (κ3) is 2.70. The van der Waals surface area contributed by atoms with Crippen LogP contribution in [0, 0.1) is 6.92 Å². The lowest BCUT2D eigenvalue weighted by atomic mass is 10.0. The second-order valence-corrected chi connectivity index (χ2v) is 5.02. The summed E-state index contributed by atoms with van der Waals surface area (Å²) in [7, 11) is 0. The molecule has 6 heteroatoms. The number of nitrogens with two attached hydrogens (primary N) is 1. The molecule has 0 aromatic carbocycles. The minimum absolute atomic E-state index is 0.0947. The lowest BCUT2D eigenvalue weighted by Crippen LogP contribution is -2.48. The molecule has 0 spiro atoms. The Morgan fingerprint density at radius 3 is 2.69 bits per heavy atom. The number of nitrogen functional groups attached to an aromatic ring is 1. The number of rotatable bonds is 4.